The first kappa shape index (κ1) is 14.5. The Kier molecular flexibility index (Phi) is 4.28. The summed E-state index contributed by atoms with van der Waals surface area (Å²) in [6.07, 6.45) is 2.95. The first-order chi connectivity index (χ1) is 8.95. The van der Waals surface area contributed by atoms with Crippen LogP contribution in [0.1, 0.15) is 39.0 Å². The van der Waals surface area contributed by atoms with Crippen molar-refractivity contribution < 1.29 is 18.0 Å². The zero-order valence-electron chi connectivity index (χ0n) is 11.3. The number of amides is 1. The third kappa shape index (κ3) is 2.99. The second-order valence-electron chi connectivity index (χ2n) is 5.46. The van der Waals surface area contributed by atoms with Gasteiger partial charge in [0.1, 0.15) is 11.0 Å². The van der Waals surface area contributed by atoms with Gasteiger partial charge in [0, 0.05) is 25.4 Å². The van der Waals surface area contributed by atoms with Crippen LogP contribution in [0, 0.1) is 5.92 Å². The van der Waals surface area contributed by atoms with Crippen LogP contribution in [0.15, 0.2) is 0 Å². The summed E-state index contributed by atoms with van der Waals surface area (Å²) in [5.41, 5.74) is 0. The second-order valence-corrected chi connectivity index (χ2v) is 7.76. The average molecular weight is 287 g/mol. The van der Waals surface area contributed by atoms with Crippen LogP contribution in [0.4, 0.5) is 0 Å². The predicted molar refractivity (Wildman–Crippen MR) is 71.4 cm³/mol. The molecule has 1 amide bonds. The van der Waals surface area contributed by atoms with Gasteiger partial charge in [0.05, 0.1) is 5.75 Å². The van der Waals surface area contributed by atoms with Gasteiger partial charge in [-0.05, 0) is 19.3 Å². The van der Waals surface area contributed by atoms with Crippen LogP contribution in [0.25, 0.3) is 0 Å². The smallest absolute Gasteiger partial charge is 0.240 e. The lowest BCUT2D eigenvalue weighted by atomic mass is 9.94. The summed E-state index contributed by atoms with van der Waals surface area (Å²) in [4.78, 5) is 25.6. The average Bonchev–Trinajstić information content (AvgIpc) is 2.38. The molecule has 0 spiro atoms. The van der Waals surface area contributed by atoms with Crippen molar-refractivity contribution in [3.8, 4) is 0 Å². The number of ketones is 1. The minimum atomic E-state index is -3.29. The van der Waals surface area contributed by atoms with Gasteiger partial charge in [-0.3, -0.25) is 9.59 Å². The van der Waals surface area contributed by atoms with Gasteiger partial charge < -0.3 is 4.90 Å². The Morgan fingerprint density at radius 2 is 2.11 bits per heavy atom. The molecule has 0 aromatic heterocycles. The number of piperidine rings is 1. The molecule has 2 heterocycles. The van der Waals surface area contributed by atoms with Gasteiger partial charge in [0.2, 0.25) is 5.91 Å². The molecule has 2 unspecified atom stereocenters. The summed E-state index contributed by atoms with van der Waals surface area (Å²) in [5.74, 6) is -0.0967. The van der Waals surface area contributed by atoms with Crippen LogP contribution in [0.3, 0.4) is 0 Å². The van der Waals surface area contributed by atoms with Crippen LogP contribution in [-0.4, -0.2) is 49.1 Å². The number of hydrogen-bond donors (Lipinski definition) is 0. The Labute approximate surface area is 114 Å². The standard InChI is InChI=1S/C13H21NO4S/c1-2-10-9-14(7-6-11(10)15)13(16)12-5-3-4-8-19(12,17)18/h10,12H,2-9H2,1H3. The number of hydrogen-bond acceptors (Lipinski definition) is 4. The molecular formula is C13H21NO4S. The van der Waals surface area contributed by atoms with Gasteiger partial charge in [-0.2, -0.15) is 0 Å². The SMILES string of the molecule is CCC1CN(C(=O)C2CCCCS2(=O)=O)CCC1=O. The Morgan fingerprint density at radius 1 is 1.37 bits per heavy atom. The quantitative estimate of drug-likeness (QED) is 0.752. The molecule has 0 radical (unpaired) electrons. The Bertz CT molecular complexity index is 471. The zero-order chi connectivity index (χ0) is 14.0. The molecular weight excluding hydrogens is 266 g/mol. The lowest BCUT2D eigenvalue weighted by Gasteiger charge is -2.34. The van der Waals surface area contributed by atoms with Crippen LogP contribution < -0.4 is 0 Å². The van der Waals surface area contributed by atoms with Crippen LogP contribution in [0.2, 0.25) is 0 Å². The van der Waals surface area contributed by atoms with E-state index in [1.165, 1.54) is 0 Å². The number of Topliss-reactive ketones (excluding diaryl/α,β-unsaturated/α-hetero) is 1. The van der Waals surface area contributed by atoms with Gasteiger partial charge >= 0.3 is 0 Å². The van der Waals surface area contributed by atoms with E-state index in [1.807, 2.05) is 6.92 Å². The number of carbonyl (C=O) groups excluding carboxylic acids is 2. The Hall–Kier alpha value is -0.910. The molecule has 5 nitrogen and oxygen atoms in total. The van der Waals surface area contributed by atoms with E-state index in [-0.39, 0.29) is 23.4 Å². The number of sulfone groups is 1. The Morgan fingerprint density at radius 3 is 2.74 bits per heavy atom. The van der Waals surface area contributed by atoms with E-state index < -0.39 is 15.1 Å². The highest BCUT2D eigenvalue weighted by Gasteiger charge is 2.39. The van der Waals surface area contributed by atoms with E-state index in [4.69, 9.17) is 0 Å². The summed E-state index contributed by atoms with van der Waals surface area (Å²) >= 11 is 0. The monoisotopic (exact) mass is 287 g/mol. The minimum absolute atomic E-state index is 0.118. The zero-order valence-corrected chi connectivity index (χ0v) is 12.1. The van der Waals surface area contributed by atoms with Crippen LogP contribution >= 0.6 is 0 Å². The van der Waals surface area contributed by atoms with Crippen molar-refractivity contribution in [1.29, 1.82) is 0 Å². The molecule has 2 saturated heterocycles. The maximum atomic E-state index is 12.4. The molecule has 19 heavy (non-hydrogen) atoms. The fourth-order valence-electron chi connectivity index (χ4n) is 2.90. The van der Waals surface area contributed by atoms with Crippen molar-refractivity contribution in [2.45, 2.75) is 44.3 Å². The normalized spacial score (nSPS) is 31.2. The van der Waals surface area contributed by atoms with Gasteiger partial charge in [0.15, 0.2) is 9.84 Å². The van der Waals surface area contributed by atoms with Gasteiger partial charge in [-0.25, -0.2) is 8.42 Å². The van der Waals surface area contributed by atoms with Gasteiger partial charge in [0.25, 0.3) is 0 Å². The molecule has 2 rings (SSSR count). The summed E-state index contributed by atoms with van der Waals surface area (Å²) in [6.45, 7) is 2.69. The number of likely N-dealkylation sites (tertiary alicyclic amines) is 1. The van der Waals surface area contributed by atoms with Crippen molar-refractivity contribution in [3.05, 3.63) is 0 Å². The first-order valence-corrected chi connectivity index (χ1v) is 8.70. The minimum Gasteiger partial charge on any atom is -0.340 e. The Balaban J connectivity index is 2.09. The molecule has 0 aliphatic carbocycles. The van der Waals surface area contributed by atoms with Gasteiger partial charge in [-0.15, -0.1) is 0 Å². The highest BCUT2D eigenvalue weighted by Crippen LogP contribution is 2.24. The van der Waals surface area contributed by atoms with E-state index in [0.717, 1.165) is 6.42 Å². The van der Waals surface area contributed by atoms with E-state index in [1.54, 1.807) is 4.90 Å². The van der Waals surface area contributed by atoms with Crippen molar-refractivity contribution in [2.24, 2.45) is 5.92 Å². The van der Waals surface area contributed by atoms with Crippen LogP contribution in [-0.2, 0) is 19.4 Å². The van der Waals surface area contributed by atoms with Gasteiger partial charge in [-0.1, -0.05) is 13.3 Å². The molecule has 0 N–H and O–H groups in total. The maximum Gasteiger partial charge on any atom is 0.240 e. The maximum absolute atomic E-state index is 12.4. The van der Waals surface area contributed by atoms with Crippen molar-refractivity contribution in [2.75, 3.05) is 18.8 Å². The highest BCUT2D eigenvalue weighted by molar-refractivity contribution is 7.92. The second kappa shape index (κ2) is 5.61. The van der Waals surface area contributed by atoms with E-state index in [9.17, 15) is 18.0 Å². The summed E-state index contributed by atoms with van der Waals surface area (Å²) in [5, 5.41) is -0.869. The summed E-state index contributed by atoms with van der Waals surface area (Å²) in [7, 11) is -3.29. The molecule has 0 saturated carbocycles. The van der Waals surface area contributed by atoms with E-state index in [0.29, 0.717) is 38.8 Å². The lowest BCUT2D eigenvalue weighted by molar-refractivity contribution is -0.137. The molecule has 2 atom stereocenters. The van der Waals surface area contributed by atoms with Crippen molar-refractivity contribution in [1.82, 2.24) is 4.90 Å². The van der Waals surface area contributed by atoms with Crippen molar-refractivity contribution >= 4 is 21.5 Å². The molecule has 0 aromatic rings. The van der Waals surface area contributed by atoms with E-state index >= 15 is 0 Å². The summed E-state index contributed by atoms with van der Waals surface area (Å²) < 4.78 is 23.9. The fourth-order valence-corrected chi connectivity index (χ4v) is 4.77. The first-order valence-electron chi connectivity index (χ1n) is 6.98. The third-order valence-corrected chi connectivity index (χ3v) is 6.34. The van der Waals surface area contributed by atoms with Crippen LogP contribution in [0.5, 0.6) is 0 Å². The number of carbonyl (C=O) groups is 2. The molecule has 0 aromatic carbocycles. The molecule has 6 heteroatoms. The fraction of sp³-hybridized carbons (Fsp3) is 0.846. The topological polar surface area (TPSA) is 71.5 Å². The van der Waals surface area contributed by atoms with E-state index in [2.05, 4.69) is 0 Å². The number of rotatable bonds is 2. The molecule has 2 fully saturated rings. The molecule has 108 valence electrons. The largest absolute Gasteiger partial charge is 0.340 e. The predicted octanol–water partition coefficient (Wildman–Crippen LogP) is 0.781. The number of nitrogens with zero attached hydrogens (tertiary/aromatic N) is 1. The molecule has 2 aliphatic heterocycles. The third-order valence-electron chi connectivity index (χ3n) is 4.18. The summed E-state index contributed by atoms with van der Waals surface area (Å²) in [6, 6.07) is 0. The highest BCUT2D eigenvalue weighted by atomic mass is 32.2. The lowest BCUT2D eigenvalue weighted by Crippen LogP contribution is -2.50. The molecule has 2 aliphatic rings. The van der Waals surface area contributed by atoms with Crippen molar-refractivity contribution in [3.63, 3.8) is 0 Å². The molecule has 0 bridgehead atoms.